The Hall–Kier alpha value is -2.73. The summed E-state index contributed by atoms with van der Waals surface area (Å²) in [4.78, 5) is 13.7. The molecule has 156 valence electrons. The van der Waals surface area contributed by atoms with Gasteiger partial charge in [-0.2, -0.15) is 0 Å². The number of aryl methyl sites for hydroxylation is 2. The lowest BCUT2D eigenvalue weighted by molar-refractivity contribution is 0.0941. The summed E-state index contributed by atoms with van der Waals surface area (Å²) in [5.41, 5.74) is 2.18. The van der Waals surface area contributed by atoms with E-state index in [1.54, 1.807) is 24.0 Å². The minimum Gasteiger partial charge on any atom is -0.508 e. The van der Waals surface area contributed by atoms with Crippen LogP contribution in [0.5, 0.6) is 11.5 Å². The SMILES string of the molecule is CCOC(=O)N1C[C@H](O)C[C@H]1CCOc1ccccc1CCc1cccc(O)c1. The number of β-amino-alcohol motifs (C(OH)–C–C–N with tert-alkyl or cyclic N) is 1. The Labute approximate surface area is 171 Å². The first kappa shape index (κ1) is 21.0. The highest BCUT2D eigenvalue weighted by atomic mass is 16.6. The zero-order chi connectivity index (χ0) is 20.6. The summed E-state index contributed by atoms with van der Waals surface area (Å²) in [7, 11) is 0. The molecule has 1 aliphatic heterocycles. The lowest BCUT2D eigenvalue weighted by Gasteiger charge is -2.23. The third kappa shape index (κ3) is 5.87. The van der Waals surface area contributed by atoms with E-state index in [0.29, 0.717) is 32.6 Å². The third-order valence-corrected chi connectivity index (χ3v) is 5.17. The van der Waals surface area contributed by atoms with Gasteiger partial charge >= 0.3 is 6.09 Å². The third-order valence-electron chi connectivity index (χ3n) is 5.17. The lowest BCUT2D eigenvalue weighted by atomic mass is 10.0. The maximum Gasteiger partial charge on any atom is 0.410 e. The van der Waals surface area contributed by atoms with Crippen LogP contribution in [0.4, 0.5) is 4.79 Å². The molecule has 0 aliphatic carbocycles. The van der Waals surface area contributed by atoms with Gasteiger partial charge in [-0.25, -0.2) is 4.79 Å². The Balaban J connectivity index is 1.55. The van der Waals surface area contributed by atoms with Gasteiger partial charge in [-0.15, -0.1) is 0 Å². The fraction of sp³-hybridized carbons (Fsp3) is 0.435. The summed E-state index contributed by atoms with van der Waals surface area (Å²) in [5, 5.41) is 19.6. The standard InChI is InChI=1S/C23H29NO5/c1-2-28-23(27)24-16-21(26)15-19(24)12-13-29-22-9-4-3-7-18(22)11-10-17-6-5-8-20(25)14-17/h3-9,14,19,21,25-26H,2,10-13,15-16H2,1H3/t19-,21-/m1/s1. The number of para-hydroxylation sites is 1. The second-order valence-electron chi connectivity index (χ2n) is 7.31. The first-order valence-electron chi connectivity index (χ1n) is 10.2. The highest BCUT2D eigenvalue weighted by Crippen LogP contribution is 2.24. The van der Waals surface area contributed by atoms with Gasteiger partial charge in [-0.1, -0.05) is 30.3 Å². The minimum absolute atomic E-state index is 0.0801. The molecule has 0 saturated carbocycles. The lowest BCUT2D eigenvalue weighted by Crippen LogP contribution is -2.37. The molecule has 1 heterocycles. The van der Waals surface area contributed by atoms with Gasteiger partial charge in [0.25, 0.3) is 0 Å². The number of nitrogens with zero attached hydrogens (tertiary/aromatic N) is 1. The van der Waals surface area contributed by atoms with Crippen molar-refractivity contribution in [1.82, 2.24) is 4.90 Å². The first-order valence-corrected chi connectivity index (χ1v) is 10.2. The predicted octanol–water partition coefficient (Wildman–Crippen LogP) is 3.54. The summed E-state index contributed by atoms with van der Waals surface area (Å²) in [6, 6.07) is 15.1. The van der Waals surface area contributed by atoms with Crippen LogP contribution in [0.25, 0.3) is 0 Å². The predicted molar refractivity (Wildman–Crippen MR) is 110 cm³/mol. The van der Waals surface area contributed by atoms with E-state index in [-0.39, 0.29) is 17.9 Å². The number of rotatable bonds is 8. The molecule has 0 spiro atoms. The Kier molecular flexibility index (Phi) is 7.36. The van der Waals surface area contributed by atoms with Crippen LogP contribution in [0, 0.1) is 0 Å². The molecule has 2 aromatic carbocycles. The summed E-state index contributed by atoms with van der Waals surface area (Å²) < 4.78 is 11.1. The molecule has 0 aromatic heterocycles. The van der Waals surface area contributed by atoms with Crippen molar-refractivity contribution in [2.75, 3.05) is 19.8 Å². The van der Waals surface area contributed by atoms with Gasteiger partial charge in [0.05, 0.1) is 25.9 Å². The smallest absolute Gasteiger partial charge is 0.410 e. The van der Waals surface area contributed by atoms with Crippen LogP contribution < -0.4 is 4.74 Å². The van der Waals surface area contributed by atoms with Crippen LogP contribution in [-0.4, -0.2) is 53.1 Å². The molecule has 6 heteroatoms. The number of ether oxygens (including phenoxy) is 2. The molecular weight excluding hydrogens is 370 g/mol. The number of carbonyl (C=O) groups is 1. The summed E-state index contributed by atoms with van der Waals surface area (Å²) >= 11 is 0. The van der Waals surface area contributed by atoms with Crippen molar-refractivity contribution in [3.05, 3.63) is 59.7 Å². The molecule has 2 N–H and O–H groups in total. The molecule has 1 aliphatic rings. The molecule has 1 amide bonds. The molecule has 29 heavy (non-hydrogen) atoms. The van der Waals surface area contributed by atoms with Crippen LogP contribution in [-0.2, 0) is 17.6 Å². The number of carbonyl (C=O) groups excluding carboxylic acids is 1. The molecule has 0 bridgehead atoms. The van der Waals surface area contributed by atoms with E-state index in [4.69, 9.17) is 9.47 Å². The number of aromatic hydroxyl groups is 1. The van der Waals surface area contributed by atoms with Gasteiger partial charge < -0.3 is 24.6 Å². The zero-order valence-electron chi connectivity index (χ0n) is 16.8. The van der Waals surface area contributed by atoms with E-state index < -0.39 is 6.10 Å². The molecule has 3 rings (SSSR count). The van der Waals surface area contributed by atoms with E-state index >= 15 is 0 Å². The molecule has 0 radical (unpaired) electrons. The largest absolute Gasteiger partial charge is 0.508 e. The number of benzene rings is 2. The monoisotopic (exact) mass is 399 g/mol. The zero-order valence-corrected chi connectivity index (χ0v) is 16.8. The molecule has 1 fully saturated rings. The average Bonchev–Trinajstić information content (AvgIpc) is 3.08. The van der Waals surface area contributed by atoms with Gasteiger partial charge in [0.1, 0.15) is 11.5 Å². The van der Waals surface area contributed by atoms with Crippen molar-refractivity contribution >= 4 is 6.09 Å². The topological polar surface area (TPSA) is 79.2 Å². The van der Waals surface area contributed by atoms with E-state index in [1.165, 1.54) is 0 Å². The van der Waals surface area contributed by atoms with Crippen molar-refractivity contribution in [3.8, 4) is 11.5 Å². The van der Waals surface area contributed by atoms with Gasteiger partial charge in [-0.3, -0.25) is 0 Å². The van der Waals surface area contributed by atoms with Gasteiger partial charge in [-0.05, 0) is 55.5 Å². The fourth-order valence-corrected chi connectivity index (χ4v) is 3.74. The average molecular weight is 399 g/mol. The summed E-state index contributed by atoms with van der Waals surface area (Å²) in [6.07, 6.45) is 1.90. The van der Waals surface area contributed by atoms with Crippen LogP contribution >= 0.6 is 0 Å². The highest BCUT2D eigenvalue weighted by Gasteiger charge is 2.34. The summed E-state index contributed by atoms with van der Waals surface area (Å²) in [5.74, 6) is 1.10. The minimum atomic E-state index is -0.515. The fourth-order valence-electron chi connectivity index (χ4n) is 3.74. The summed E-state index contributed by atoms with van der Waals surface area (Å²) in [6.45, 7) is 2.86. The number of hydrogen-bond acceptors (Lipinski definition) is 5. The number of likely N-dealkylation sites (tertiary alicyclic amines) is 1. The van der Waals surface area contributed by atoms with Crippen LogP contribution in [0.15, 0.2) is 48.5 Å². The Morgan fingerprint density at radius 1 is 1.17 bits per heavy atom. The van der Waals surface area contributed by atoms with Gasteiger partial charge in [0.15, 0.2) is 0 Å². The molecule has 2 aromatic rings. The van der Waals surface area contributed by atoms with Crippen LogP contribution in [0.1, 0.15) is 30.9 Å². The maximum absolute atomic E-state index is 12.1. The van der Waals surface area contributed by atoms with Crippen molar-refractivity contribution in [1.29, 1.82) is 0 Å². The van der Waals surface area contributed by atoms with Gasteiger partial charge in [0, 0.05) is 12.5 Å². The second kappa shape index (κ2) is 10.2. The Bertz CT molecular complexity index is 809. The van der Waals surface area contributed by atoms with Crippen molar-refractivity contribution in [2.24, 2.45) is 0 Å². The molecule has 1 saturated heterocycles. The number of aliphatic hydroxyl groups is 1. The normalized spacial score (nSPS) is 18.6. The first-order chi connectivity index (χ1) is 14.1. The number of aliphatic hydroxyl groups excluding tert-OH is 1. The number of amides is 1. The van der Waals surface area contributed by atoms with E-state index in [9.17, 15) is 15.0 Å². The molecule has 0 unspecified atom stereocenters. The van der Waals surface area contributed by atoms with E-state index in [0.717, 1.165) is 29.7 Å². The van der Waals surface area contributed by atoms with Crippen molar-refractivity contribution < 1.29 is 24.5 Å². The molecule has 2 atom stereocenters. The van der Waals surface area contributed by atoms with Crippen LogP contribution in [0.3, 0.4) is 0 Å². The second-order valence-corrected chi connectivity index (χ2v) is 7.31. The molecule has 6 nitrogen and oxygen atoms in total. The van der Waals surface area contributed by atoms with E-state index in [1.807, 2.05) is 36.4 Å². The van der Waals surface area contributed by atoms with E-state index in [2.05, 4.69) is 0 Å². The molecular formula is C23H29NO5. The Morgan fingerprint density at radius 2 is 2.00 bits per heavy atom. The van der Waals surface area contributed by atoms with Crippen molar-refractivity contribution in [2.45, 2.75) is 44.8 Å². The highest BCUT2D eigenvalue weighted by molar-refractivity contribution is 5.68. The van der Waals surface area contributed by atoms with Gasteiger partial charge in [0.2, 0.25) is 0 Å². The number of hydrogen-bond donors (Lipinski definition) is 2. The maximum atomic E-state index is 12.1. The van der Waals surface area contributed by atoms with Crippen molar-refractivity contribution in [3.63, 3.8) is 0 Å². The number of phenolic OH excluding ortho intramolecular Hbond substituents is 1. The van der Waals surface area contributed by atoms with Crippen LogP contribution in [0.2, 0.25) is 0 Å². The quantitative estimate of drug-likeness (QED) is 0.710. The Morgan fingerprint density at radius 3 is 2.79 bits per heavy atom. The number of phenols is 1.